The molecule has 5 nitrogen and oxygen atoms in total. The van der Waals surface area contributed by atoms with Crippen LogP contribution in [0, 0.1) is 23.7 Å². The predicted octanol–water partition coefficient (Wildman–Crippen LogP) is 4.98. The largest absolute Gasteiger partial charge is 0.457 e. The molecule has 0 unspecified atom stereocenters. The van der Waals surface area contributed by atoms with E-state index in [0.717, 1.165) is 0 Å². The normalized spacial score (nSPS) is 9.56. The molecule has 0 radical (unpaired) electrons. The summed E-state index contributed by atoms with van der Waals surface area (Å²) in [4.78, 5) is 12.2. The van der Waals surface area contributed by atoms with E-state index in [0.29, 0.717) is 34.0 Å². The van der Waals surface area contributed by atoms with Crippen molar-refractivity contribution in [1.82, 2.24) is 0 Å². The number of amides is 2. The van der Waals surface area contributed by atoms with Gasteiger partial charge >= 0.3 is 6.03 Å². The Labute approximate surface area is 157 Å². The van der Waals surface area contributed by atoms with Crippen LogP contribution in [0.3, 0.4) is 0 Å². The maximum Gasteiger partial charge on any atom is 0.323 e. The quantitative estimate of drug-likeness (QED) is 0.650. The van der Waals surface area contributed by atoms with Crippen LogP contribution in [0.4, 0.5) is 16.2 Å². The van der Waals surface area contributed by atoms with Crippen molar-refractivity contribution in [3.05, 3.63) is 83.9 Å². The zero-order chi connectivity index (χ0) is 19.1. The Morgan fingerprint density at radius 1 is 0.852 bits per heavy atom. The molecular weight excluding hydrogens is 338 g/mol. The van der Waals surface area contributed by atoms with Crippen molar-refractivity contribution in [1.29, 1.82) is 5.26 Å². The molecule has 0 saturated heterocycles. The van der Waals surface area contributed by atoms with E-state index in [1.807, 2.05) is 0 Å². The maximum atomic E-state index is 12.2. The van der Waals surface area contributed by atoms with Gasteiger partial charge in [-0.3, -0.25) is 0 Å². The van der Waals surface area contributed by atoms with Crippen LogP contribution in [-0.2, 0) is 0 Å². The summed E-state index contributed by atoms with van der Waals surface area (Å²) in [6, 6.07) is 22.5. The second kappa shape index (κ2) is 8.24. The summed E-state index contributed by atoms with van der Waals surface area (Å²) in [5.41, 5.74) is 2.42. The van der Waals surface area contributed by atoms with Crippen molar-refractivity contribution in [3.8, 4) is 29.9 Å². The Hall–Kier alpha value is -4.22. The summed E-state index contributed by atoms with van der Waals surface area (Å²) in [5.74, 6) is 3.68. The second-order valence-corrected chi connectivity index (χ2v) is 5.57. The van der Waals surface area contributed by atoms with E-state index in [9.17, 15) is 4.79 Å². The fraction of sp³-hybridized carbons (Fsp3) is 0. The van der Waals surface area contributed by atoms with Gasteiger partial charge < -0.3 is 15.4 Å². The molecule has 0 bridgehead atoms. The van der Waals surface area contributed by atoms with Crippen molar-refractivity contribution in [2.75, 3.05) is 10.6 Å². The number of nitrogens with zero attached hydrogens (tertiary/aromatic N) is 1. The van der Waals surface area contributed by atoms with Crippen LogP contribution >= 0.6 is 0 Å². The molecule has 2 amide bonds. The Bertz CT molecular complexity index is 1040. The highest BCUT2D eigenvalue weighted by Gasteiger charge is 2.05. The summed E-state index contributed by atoms with van der Waals surface area (Å²) in [7, 11) is 0. The molecule has 0 aliphatic rings. The van der Waals surface area contributed by atoms with Crippen LogP contribution in [0.25, 0.3) is 0 Å². The van der Waals surface area contributed by atoms with Gasteiger partial charge in [0, 0.05) is 23.0 Å². The molecule has 0 atom stereocenters. The summed E-state index contributed by atoms with van der Waals surface area (Å²) in [6.45, 7) is 0. The molecule has 130 valence electrons. The minimum atomic E-state index is -0.389. The molecule has 0 aliphatic carbocycles. The maximum absolute atomic E-state index is 12.2. The number of carbonyl (C=O) groups is 1. The van der Waals surface area contributed by atoms with Crippen molar-refractivity contribution in [3.63, 3.8) is 0 Å². The first-order chi connectivity index (χ1) is 13.2. The zero-order valence-electron chi connectivity index (χ0n) is 14.3. The molecular formula is C22H15N3O2. The van der Waals surface area contributed by atoms with Crippen LogP contribution in [0.5, 0.6) is 11.5 Å². The molecule has 2 N–H and O–H groups in total. The summed E-state index contributed by atoms with van der Waals surface area (Å²) in [6.07, 6.45) is 5.36. The van der Waals surface area contributed by atoms with Crippen molar-refractivity contribution < 1.29 is 9.53 Å². The first-order valence-corrected chi connectivity index (χ1v) is 8.09. The number of nitrogens with one attached hydrogen (secondary N) is 2. The van der Waals surface area contributed by atoms with E-state index in [1.54, 1.807) is 72.8 Å². The Morgan fingerprint density at radius 2 is 1.52 bits per heavy atom. The number of ether oxygens (including phenoxy) is 1. The lowest BCUT2D eigenvalue weighted by Gasteiger charge is -2.10. The van der Waals surface area contributed by atoms with Gasteiger partial charge in [-0.2, -0.15) is 5.26 Å². The highest BCUT2D eigenvalue weighted by molar-refractivity contribution is 5.99. The average Bonchev–Trinajstić information content (AvgIpc) is 2.69. The van der Waals surface area contributed by atoms with Gasteiger partial charge in [0.05, 0.1) is 11.6 Å². The second-order valence-electron chi connectivity index (χ2n) is 5.57. The topological polar surface area (TPSA) is 74.2 Å². The minimum absolute atomic E-state index is 0.389. The van der Waals surface area contributed by atoms with Crippen molar-refractivity contribution in [2.24, 2.45) is 0 Å². The van der Waals surface area contributed by atoms with Gasteiger partial charge in [0.15, 0.2) is 0 Å². The third kappa shape index (κ3) is 4.88. The van der Waals surface area contributed by atoms with E-state index >= 15 is 0 Å². The Kier molecular flexibility index (Phi) is 5.37. The smallest absolute Gasteiger partial charge is 0.323 e. The van der Waals surface area contributed by atoms with Gasteiger partial charge in [-0.05, 0) is 54.6 Å². The molecule has 0 spiro atoms. The first-order valence-electron chi connectivity index (χ1n) is 8.09. The lowest BCUT2D eigenvalue weighted by atomic mass is 10.2. The van der Waals surface area contributed by atoms with E-state index in [2.05, 4.69) is 22.6 Å². The SMILES string of the molecule is C#Cc1cccc(NC(=O)Nc2cccc(Oc3ccc(C#N)cc3)c2)c1. The molecule has 3 aromatic rings. The van der Waals surface area contributed by atoms with E-state index in [1.165, 1.54) is 0 Å². The molecule has 0 saturated carbocycles. The summed E-state index contributed by atoms with van der Waals surface area (Å²) in [5, 5.41) is 14.3. The summed E-state index contributed by atoms with van der Waals surface area (Å²) >= 11 is 0. The molecule has 3 rings (SSSR count). The Balaban J connectivity index is 1.65. The van der Waals surface area contributed by atoms with Crippen molar-refractivity contribution in [2.45, 2.75) is 0 Å². The third-order valence-electron chi connectivity index (χ3n) is 3.60. The number of hydrogen-bond acceptors (Lipinski definition) is 3. The molecule has 0 aromatic heterocycles. The van der Waals surface area contributed by atoms with Crippen LogP contribution in [0.15, 0.2) is 72.8 Å². The van der Waals surface area contributed by atoms with Gasteiger partial charge in [0.2, 0.25) is 0 Å². The summed E-state index contributed by atoms with van der Waals surface area (Å²) < 4.78 is 5.75. The van der Waals surface area contributed by atoms with E-state index in [-0.39, 0.29) is 6.03 Å². The fourth-order valence-electron chi connectivity index (χ4n) is 2.35. The van der Waals surface area contributed by atoms with Crippen LogP contribution in [-0.4, -0.2) is 6.03 Å². The lowest BCUT2D eigenvalue weighted by molar-refractivity contribution is 0.262. The standard InChI is InChI=1S/C22H15N3O2/c1-2-16-5-3-6-18(13-16)24-22(26)25-19-7-4-8-21(14-19)27-20-11-9-17(15-23)10-12-20/h1,3-14H,(H2,24,25,26). The van der Waals surface area contributed by atoms with Crippen molar-refractivity contribution >= 4 is 17.4 Å². The molecule has 0 fully saturated rings. The van der Waals surface area contributed by atoms with Gasteiger partial charge in [-0.15, -0.1) is 6.42 Å². The fourth-order valence-corrected chi connectivity index (χ4v) is 2.35. The van der Waals surface area contributed by atoms with Gasteiger partial charge in [-0.1, -0.05) is 18.1 Å². The van der Waals surface area contributed by atoms with Gasteiger partial charge in [-0.25, -0.2) is 4.79 Å². The highest BCUT2D eigenvalue weighted by Crippen LogP contribution is 2.24. The molecule has 27 heavy (non-hydrogen) atoms. The average molecular weight is 353 g/mol. The number of terminal acetylenes is 1. The predicted molar refractivity (Wildman–Crippen MR) is 105 cm³/mol. The first kappa shape index (κ1) is 17.6. The Morgan fingerprint density at radius 3 is 2.19 bits per heavy atom. The van der Waals surface area contributed by atoms with Crippen LogP contribution in [0.2, 0.25) is 0 Å². The van der Waals surface area contributed by atoms with Gasteiger partial charge in [0.25, 0.3) is 0 Å². The molecule has 3 aromatic carbocycles. The monoisotopic (exact) mass is 353 g/mol. The van der Waals surface area contributed by atoms with Crippen LogP contribution in [0.1, 0.15) is 11.1 Å². The molecule has 0 heterocycles. The number of nitriles is 1. The number of rotatable bonds is 4. The number of hydrogen-bond donors (Lipinski definition) is 2. The molecule has 5 heteroatoms. The van der Waals surface area contributed by atoms with E-state index in [4.69, 9.17) is 16.4 Å². The van der Waals surface area contributed by atoms with Gasteiger partial charge in [0.1, 0.15) is 11.5 Å². The number of benzene rings is 3. The molecule has 0 aliphatic heterocycles. The third-order valence-corrected chi connectivity index (χ3v) is 3.60. The lowest BCUT2D eigenvalue weighted by Crippen LogP contribution is -2.19. The van der Waals surface area contributed by atoms with Crippen LogP contribution < -0.4 is 15.4 Å². The number of anilines is 2. The highest BCUT2D eigenvalue weighted by atomic mass is 16.5. The van der Waals surface area contributed by atoms with E-state index < -0.39 is 0 Å². The minimum Gasteiger partial charge on any atom is -0.457 e. The zero-order valence-corrected chi connectivity index (χ0v) is 14.3. The number of carbonyl (C=O) groups excluding carboxylic acids is 1. The number of urea groups is 1.